The van der Waals surface area contributed by atoms with Crippen molar-refractivity contribution in [3.8, 4) is 0 Å². The van der Waals surface area contributed by atoms with E-state index in [9.17, 15) is 102 Å². The highest BCUT2D eigenvalue weighted by molar-refractivity contribution is 5.77. The van der Waals surface area contributed by atoms with E-state index >= 15 is 4.79 Å². The minimum Gasteiger partial charge on any atom is -0.432 e. The molecule has 1 spiro atoms. The number of rotatable bonds is 18. The first-order valence-corrected chi connectivity index (χ1v) is 30.4. The Morgan fingerprint density at radius 1 is 0.427 bits per heavy atom. The Morgan fingerprint density at radius 2 is 0.775 bits per heavy atom. The molecule has 32 unspecified atom stereocenters. The quantitative estimate of drug-likeness (QED) is 0.0344. The monoisotopic (exact) mass is 1290 g/mol. The first-order valence-electron chi connectivity index (χ1n) is 30.4. The summed E-state index contributed by atoms with van der Waals surface area (Å²) >= 11 is 0. The second-order valence-electron chi connectivity index (χ2n) is 26.4. The van der Waals surface area contributed by atoms with E-state index in [0.29, 0.717) is 56.9 Å². The summed E-state index contributed by atoms with van der Waals surface area (Å²) in [7, 11) is 0. The van der Waals surface area contributed by atoms with Crippen molar-refractivity contribution < 1.29 is 164 Å². The number of carbonyl (C=O) groups excluding carboxylic acids is 1. The second kappa shape index (κ2) is 27.2. The van der Waals surface area contributed by atoms with Crippen molar-refractivity contribution >= 4 is 5.97 Å². The highest BCUT2D eigenvalue weighted by Crippen LogP contribution is 2.74. The molecule has 0 aromatic carbocycles. The molecule has 6 heterocycles. The molecular formula is C56H90O33. The van der Waals surface area contributed by atoms with Crippen LogP contribution in [0.25, 0.3) is 0 Å². The number of esters is 1. The van der Waals surface area contributed by atoms with Gasteiger partial charge < -0.3 is 159 Å². The van der Waals surface area contributed by atoms with Gasteiger partial charge in [-0.15, -0.1) is 0 Å². The Morgan fingerprint density at radius 3 is 1.20 bits per heavy atom. The van der Waals surface area contributed by atoms with Crippen LogP contribution in [0.5, 0.6) is 0 Å². The fourth-order valence-corrected chi connectivity index (χ4v) is 16.4. The van der Waals surface area contributed by atoms with Crippen LogP contribution in [0.2, 0.25) is 0 Å². The maximum Gasteiger partial charge on any atom is 0.314 e. The van der Waals surface area contributed by atoms with Gasteiger partial charge in [-0.25, -0.2) is 0 Å². The van der Waals surface area contributed by atoms with Crippen LogP contribution in [0.15, 0.2) is 12.2 Å². The zero-order chi connectivity index (χ0) is 64.7. The van der Waals surface area contributed by atoms with Crippen LogP contribution in [0.3, 0.4) is 0 Å². The highest BCUT2D eigenvalue weighted by Gasteiger charge is 2.70. The van der Waals surface area contributed by atoms with Crippen LogP contribution in [0.4, 0.5) is 0 Å². The summed E-state index contributed by atoms with van der Waals surface area (Å²) in [6.07, 6.45) is -51.3. The topological polar surface area (TPSA) is 532 Å². The Hall–Kier alpha value is -2.03. The van der Waals surface area contributed by atoms with Crippen LogP contribution in [-0.4, -0.2) is 338 Å². The van der Waals surface area contributed by atoms with Crippen molar-refractivity contribution in [2.24, 2.45) is 28.1 Å². The third kappa shape index (κ3) is 12.3. The van der Waals surface area contributed by atoms with Crippen molar-refractivity contribution in [3.63, 3.8) is 0 Å². The number of fused-ring (bicyclic) bond motifs is 3. The molecule has 4 aliphatic carbocycles. The Labute approximate surface area is 509 Å². The van der Waals surface area contributed by atoms with Gasteiger partial charge in [-0.05, 0) is 86.5 Å². The lowest BCUT2D eigenvalue weighted by Crippen LogP contribution is -2.67. The van der Waals surface area contributed by atoms with Crippen LogP contribution in [0, 0.1) is 28.1 Å². The predicted molar refractivity (Wildman–Crippen MR) is 284 cm³/mol. The minimum atomic E-state index is -2.05. The summed E-state index contributed by atoms with van der Waals surface area (Å²) in [6.45, 7) is 3.14. The van der Waals surface area contributed by atoms with Crippen molar-refractivity contribution in [2.45, 2.75) is 261 Å². The second-order valence-corrected chi connectivity index (χ2v) is 26.4. The van der Waals surface area contributed by atoms with E-state index in [4.69, 9.17) is 56.8 Å². The van der Waals surface area contributed by atoms with Crippen LogP contribution < -0.4 is 0 Å². The molecule has 0 amide bonds. The predicted octanol–water partition coefficient (Wildman–Crippen LogP) is -9.47. The van der Waals surface area contributed by atoms with Crippen molar-refractivity contribution in [1.29, 1.82) is 0 Å². The minimum absolute atomic E-state index is 0.114. The van der Waals surface area contributed by atoms with E-state index in [-0.39, 0.29) is 12.3 Å². The van der Waals surface area contributed by atoms with E-state index < -0.39 is 258 Å². The van der Waals surface area contributed by atoms with Gasteiger partial charge in [0.05, 0.1) is 50.7 Å². The normalized spacial score (nSPS) is 54.5. The summed E-state index contributed by atoms with van der Waals surface area (Å²) in [5, 5.41) is 215. The number of carbonyl (C=O) groups is 1. The van der Waals surface area contributed by atoms with Gasteiger partial charge in [0.25, 0.3) is 0 Å². The number of ether oxygens (including phenoxy) is 12. The third-order valence-electron chi connectivity index (χ3n) is 21.3. The molecule has 36 atom stereocenters. The molecule has 33 nitrogen and oxygen atoms in total. The van der Waals surface area contributed by atoms with E-state index in [1.165, 1.54) is 0 Å². The molecule has 512 valence electrons. The van der Waals surface area contributed by atoms with Gasteiger partial charge in [-0.3, -0.25) is 4.79 Å². The molecule has 0 aromatic heterocycles. The Balaban J connectivity index is 0.873. The van der Waals surface area contributed by atoms with Crippen LogP contribution in [-0.2, 0) is 61.6 Å². The maximum atomic E-state index is 15.2. The molecule has 10 aliphatic rings. The smallest absolute Gasteiger partial charge is 0.314 e. The summed E-state index contributed by atoms with van der Waals surface area (Å²) in [5.41, 5.74) is -3.02. The lowest BCUT2D eigenvalue weighted by Gasteiger charge is -2.64. The van der Waals surface area contributed by atoms with Gasteiger partial charge in [-0.2, -0.15) is 0 Å². The number of hydrogen-bond donors (Lipinski definition) is 20. The van der Waals surface area contributed by atoms with Gasteiger partial charge in [0.15, 0.2) is 37.6 Å². The van der Waals surface area contributed by atoms with Crippen molar-refractivity contribution in [1.82, 2.24) is 0 Å². The summed E-state index contributed by atoms with van der Waals surface area (Å²) < 4.78 is 72.0. The Kier molecular flexibility index (Phi) is 21.4. The van der Waals surface area contributed by atoms with Crippen LogP contribution in [0.1, 0.15) is 71.6 Å². The van der Waals surface area contributed by atoms with Gasteiger partial charge in [0.1, 0.15) is 140 Å². The third-order valence-corrected chi connectivity index (χ3v) is 21.3. The van der Waals surface area contributed by atoms with Gasteiger partial charge in [-0.1, -0.05) is 19.9 Å². The van der Waals surface area contributed by atoms with E-state index in [2.05, 4.69) is 13.5 Å². The van der Waals surface area contributed by atoms with Gasteiger partial charge in [0.2, 0.25) is 6.29 Å². The molecule has 6 aliphatic heterocycles. The number of aliphatic hydroxyl groups is 20. The van der Waals surface area contributed by atoms with E-state index in [1.54, 1.807) is 6.92 Å². The lowest BCUT2D eigenvalue weighted by molar-refractivity contribution is -0.398. The van der Waals surface area contributed by atoms with Crippen LogP contribution >= 0.6 is 0 Å². The van der Waals surface area contributed by atoms with Crippen molar-refractivity contribution in [2.75, 3.05) is 39.6 Å². The first kappa shape index (κ1) is 69.8. The van der Waals surface area contributed by atoms with E-state index in [0.717, 1.165) is 0 Å². The van der Waals surface area contributed by atoms with Gasteiger partial charge >= 0.3 is 5.97 Å². The molecule has 4 saturated carbocycles. The molecule has 2 bridgehead atoms. The lowest BCUT2D eigenvalue weighted by atomic mass is 9.41. The molecule has 6 saturated heterocycles. The zero-order valence-electron chi connectivity index (χ0n) is 49.0. The highest BCUT2D eigenvalue weighted by atomic mass is 16.8. The molecule has 33 heteroatoms. The molecule has 0 radical (unpaired) electrons. The average molecular weight is 1290 g/mol. The average Bonchev–Trinajstić information content (AvgIpc) is 1.65. The van der Waals surface area contributed by atoms with Crippen molar-refractivity contribution in [3.05, 3.63) is 12.2 Å². The summed E-state index contributed by atoms with van der Waals surface area (Å²) in [4.78, 5) is 15.2. The Bertz CT molecular complexity index is 2400. The SMILES string of the molecule is C=C1C[C@@]23CCC4[C@](C)(C(=O)OC5OC(CO)C(O)C(O)C5OC5OC(CO)C(O)C(O)C5OC5OC(CO)C(O)C(O)C5O)CCC[C@@]4(C)[C@@H]2CCC1(OC1OC(CO)C(O)C(O)C1OC1OC(CO)C(O)C(O)C1OC1OC(CO)C(O)C(O)C1O)C3. The number of aliphatic hydroxyl groups excluding tert-OH is 20. The molecule has 10 rings (SSSR count). The van der Waals surface area contributed by atoms with E-state index in [1.807, 2.05) is 0 Å². The fraction of sp³-hybridized carbons (Fsp3) is 0.946. The first-order chi connectivity index (χ1) is 42.1. The molecular weight excluding hydrogens is 1200 g/mol. The molecule has 0 aromatic rings. The number of hydrogen-bond acceptors (Lipinski definition) is 33. The summed E-state index contributed by atoms with van der Waals surface area (Å²) in [6, 6.07) is 0. The zero-order valence-corrected chi connectivity index (χ0v) is 49.0. The van der Waals surface area contributed by atoms with Gasteiger partial charge in [0, 0.05) is 0 Å². The standard InChI is InChI=1S/C56H90O33/c1-19-11-55-9-5-26-53(2,7-4-8-54(26,3)52(77)88-50-44(38(73)32(67)24(16-61)82-50)86-48-42(36(71)30(65)22(14-59)80-48)84-46-40(75)34(69)28(63)20(12-57)78-46)27(55)6-10-56(19,18-55)89-51-45(39(74)33(68)25(17-62)83-51)87-49-43(37(72)31(66)23(15-60)81-49)85-47-41(76)35(70)29(64)21(13-58)79-47/h20-51,57-76H,1,4-18H2,2-3H3/t20?,21?,22?,23?,24?,25?,26?,27-,28?,29?,30?,31?,32?,33?,34?,35?,36?,37?,38?,39?,40?,41?,42?,43?,44?,45?,46?,47?,48?,49?,50?,51?,53+,54+,55+,56?/m0/s1. The summed E-state index contributed by atoms with van der Waals surface area (Å²) in [5.74, 6) is -1.32. The fourth-order valence-electron chi connectivity index (χ4n) is 16.4. The molecule has 89 heavy (non-hydrogen) atoms. The molecule has 10 fully saturated rings. The largest absolute Gasteiger partial charge is 0.432 e. The maximum absolute atomic E-state index is 15.2. The molecule has 20 N–H and O–H groups in total.